The predicted octanol–water partition coefficient (Wildman–Crippen LogP) is 2.61. The molecule has 0 unspecified atom stereocenters. The van der Waals surface area contributed by atoms with E-state index in [2.05, 4.69) is 5.32 Å². The summed E-state index contributed by atoms with van der Waals surface area (Å²) in [5, 5.41) is 3.53. The van der Waals surface area contributed by atoms with Crippen molar-refractivity contribution in [1.82, 2.24) is 5.32 Å². The van der Waals surface area contributed by atoms with Gasteiger partial charge >= 0.3 is 5.97 Å². The summed E-state index contributed by atoms with van der Waals surface area (Å²) >= 11 is 0. The van der Waals surface area contributed by atoms with Gasteiger partial charge in [-0.3, -0.25) is 0 Å². The number of carbonyl (C=O) groups is 1. The van der Waals surface area contributed by atoms with E-state index in [1.54, 1.807) is 0 Å². The highest BCUT2D eigenvalue weighted by molar-refractivity contribution is 5.89. The lowest BCUT2D eigenvalue weighted by molar-refractivity contribution is 0.0296. The van der Waals surface area contributed by atoms with Crippen molar-refractivity contribution in [3.05, 3.63) is 34.9 Å². The number of hydrogen-bond donors (Lipinski definition) is 1. The molecule has 4 heteroatoms. The van der Waals surface area contributed by atoms with E-state index in [0.717, 1.165) is 31.6 Å². The third-order valence-corrected chi connectivity index (χ3v) is 3.82. The Hall–Kier alpha value is -1.39. The van der Waals surface area contributed by atoms with E-state index in [1.165, 1.54) is 12.7 Å². The zero-order valence-corrected chi connectivity index (χ0v) is 12.4. The molecule has 1 aliphatic rings. The van der Waals surface area contributed by atoms with Gasteiger partial charge in [0.25, 0.3) is 0 Å². The smallest absolute Gasteiger partial charge is 0.337 e. The first-order valence-corrected chi connectivity index (χ1v) is 7.19. The highest BCUT2D eigenvalue weighted by Gasteiger charge is 2.24. The lowest BCUT2D eigenvalue weighted by Gasteiger charge is -2.31. The molecule has 1 aliphatic heterocycles. The lowest BCUT2D eigenvalue weighted by atomic mass is 9.91. The SMILES string of the molecule is CCO[C@@H]1CCN[C@@H](c2ccc(C(=O)OC)cc2C)C1. The van der Waals surface area contributed by atoms with Crippen molar-refractivity contribution in [2.24, 2.45) is 0 Å². The van der Waals surface area contributed by atoms with Gasteiger partial charge in [-0.25, -0.2) is 4.79 Å². The molecule has 0 amide bonds. The standard InChI is InChI=1S/C16H23NO3/c1-4-20-13-7-8-17-15(10-13)14-6-5-12(9-11(14)2)16(18)19-3/h5-6,9,13,15,17H,4,7-8,10H2,1-3H3/t13-,15-/m1/s1. The molecule has 2 atom stereocenters. The van der Waals surface area contributed by atoms with Crippen LogP contribution < -0.4 is 5.32 Å². The van der Waals surface area contributed by atoms with Gasteiger partial charge in [0.1, 0.15) is 0 Å². The summed E-state index contributed by atoms with van der Waals surface area (Å²) in [5.74, 6) is -0.288. The van der Waals surface area contributed by atoms with Crippen molar-refractivity contribution >= 4 is 5.97 Å². The van der Waals surface area contributed by atoms with Crippen LogP contribution in [0.1, 0.15) is 47.3 Å². The number of aryl methyl sites for hydroxylation is 1. The minimum Gasteiger partial charge on any atom is -0.465 e. The number of piperidine rings is 1. The minimum absolute atomic E-state index is 0.288. The first-order valence-electron chi connectivity index (χ1n) is 7.19. The summed E-state index contributed by atoms with van der Waals surface area (Å²) in [6.07, 6.45) is 2.36. The van der Waals surface area contributed by atoms with Crippen LogP contribution in [-0.2, 0) is 9.47 Å². The number of esters is 1. The molecule has 0 aliphatic carbocycles. The molecule has 2 rings (SSSR count). The van der Waals surface area contributed by atoms with Crippen LogP contribution in [0.4, 0.5) is 0 Å². The molecule has 1 aromatic rings. The van der Waals surface area contributed by atoms with Crippen LogP contribution in [-0.4, -0.2) is 32.3 Å². The normalized spacial score (nSPS) is 22.6. The Morgan fingerprint density at radius 2 is 2.25 bits per heavy atom. The molecule has 1 aromatic carbocycles. The van der Waals surface area contributed by atoms with Gasteiger partial charge < -0.3 is 14.8 Å². The maximum Gasteiger partial charge on any atom is 0.337 e. The Balaban J connectivity index is 2.14. The summed E-state index contributed by atoms with van der Waals surface area (Å²) in [6.45, 7) is 5.80. The third kappa shape index (κ3) is 3.38. The summed E-state index contributed by atoms with van der Waals surface area (Å²) in [6, 6.07) is 6.05. The van der Waals surface area contributed by atoms with Crippen LogP contribution in [0.25, 0.3) is 0 Å². The molecule has 20 heavy (non-hydrogen) atoms. The van der Waals surface area contributed by atoms with Crippen molar-refractivity contribution in [3.63, 3.8) is 0 Å². The maximum absolute atomic E-state index is 11.5. The monoisotopic (exact) mass is 277 g/mol. The quantitative estimate of drug-likeness (QED) is 0.859. The van der Waals surface area contributed by atoms with Gasteiger partial charge in [0.15, 0.2) is 0 Å². The summed E-state index contributed by atoms with van der Waals surface area (Å²) in [5.41, 5.74) is 2.95. The molecule has 0 spiro atoms. The summed E-state index contributed by atoms with van der Waals surface area (Å²) in [4.78, 5) is 11.5. The Morgan fingerprint density at radius 3 is 2.90 bits per heavy atom. The Kier molecular flexibility index (Phi) is 5.15. The molecule has 4 nitrogen and oxygen atoms in total. The highest BCUT2D eigenvalue weighted by atomic mass is 16.5. The van der Waals surface area contributed by atoms with E-state index in [4.69, 9.17) is 9.47 Å². The van der Waals surface area contributed by atoms with Crippen molar-refractivity contribution in [1.29, 1.82) is 0 Å². The van der Waals surface area contributed by atoms with Crippen molar-refractivity contribution in [3.8, 4) is 0 Å². The average molecular weight is 277 g/mol. The fourth-order valence-corrected chi connectivity index (χ4v) is 2.82. The van der Waals surface area contributed by atoms with E-state index in [-0.39, 0.29) is 5.97 Å². The first-order chi connectivity index (χ1) is 9.65. The number of nitrogens with one attached hydrogen (secondary N) is 1. The Labute approximate surface area is 120 Å². The van der Waals surface area contributed by atoms with Gasteiger partial charge in [0.05, 0.1) is 18.8 Å². The predicted molar refractivity (Wildman–Crippen MR) is 77.9 cm³/mol. The van der Waals surface area contributed by atoms with Gasteiger partial charge in [-0.1, -0.05) is 6.07 Å². The molecule has 1 heterocycles. The van der Waals surface area contributed by atoms with Gasteiger partial charge in [-0.15, -0.1) is 0 Å². The average Bonchev–Trinajstić information content (AvgIpc) is 2.47. The second-order valence-corrected chi connectivity index (χ2v) is 5.17. The van der Waals surface area contributed by atoms with Crippen molar-refractivity contribution in [2.75, 3.05) is 20.3 Å². The number of ether oxygens (including phenoxy) is 2. The molecule has 0 aromatic heterocycles. The minimum atomic E-state index is -0.288. The number of carbonyl (C=O) groups excluding carboxylic acids is 1. The molecule has 0 radical (unpaired) electrons. The number of rotatable bonds is 4. The number of hydrogen-bond acceptors (Lipinski definition) is 4. The first kappa shape index (κ1) is 15.0. The van der Waals surface area contributed by atoms with Crippen LogP contribution in [0.15, 0.2) is 18.2 Å². The zero-order chi connectivity index (χ0) is 14.5. The molecule has 0 saturated carbocycles. The van der Waals surface area contributed by atoms with Crippen LogP contribution in [0, 0.1) is 6.92 Å². The molecule has 0 bridgehead atoms. The Bertz CT molecular complexity index is 471. The van der Waals surface area contributed by atoms with E-state index < -0.39 is 0 Å². The summed E-state index contributed by atoms with van der Waals surface area (Å²) in [7, 11) is 1.40. The van der Waals surface area contributed by atoms with Crippen molar-refractivity contribution in [2.45, 2.75) is 38.8 Å². The van der Waals surface area contributed by atoms with Gasteiger partial charge in [0.2, 0.25) is 0 Å². The highest BCUT2D eigenvalue weighted by Crippen LogP contribution is 2.28. The zero-order valence-electron chi connectivity index (χ0n) is 12.4. The summed E-state index contributed by atoms with van der Waals surface area (Å²) < 4.78 is 10.5. The molecule has 110 valence electrons. The third-order valence-electron chi connectivity index (χ3n) is 3.82. The maximum atomic E-state index is 11.5. The van der Waals surface area contributed by atoms with Crippen LogP contribution in [0.3, 0.4) is 0 Å². The second kappa shape index (κ2) is 6.86. The molecule has 1 fully saturated rings. The molecule has 1 saturated heterocycles. The number of methoxy groups -OCH3 is 1. The second-order valence-electron chi connectivity index (χ2n) is 5.17. The van der Waals surface area contributed by atoms with Gasteiger partial charge in [0, 0.05) is 12.6 Å². The van der Waals surface area contributed by atoms with E-state index in [1.807, 2.05) is 32.0 Å². The van der Waals surface area contributed by atoms with Crippen LogP contribution in [0.5, 0.6) is 0 Å². The molecular weight excluding hydrogens is 254 g/mol. The topological polar surface area (TPSA) is 47.6 Å². The fraction of sp³-hybridized carbons (Fsp3) is 0.562. The van der Waals surface area contributed by atoms with E-state index in [0.29, 0.717) is 17.7 Å². The van der Waals surface area contributed by atoms with Gasteiger partial charge in [-0.05, 0) is 56.5 Å². The van der Waals surface area contributed by atoms with Crippen LogP contribution >= 0.6 is 0 Å². The van der Waals surface area contributed by atoms with Gasteiger partial charge in [-0.2, -0.15) is 0 Å². The van der Waals surface area contributed by atoms with E-state index >= 15 is 0 Å². The Morgan fingerprint density at radius 1 is 1.45 bits per heavy atom. The fourth-order valence-electron chi connectivity index (χ4n) is 2.82. The lowest BCUT2D eigenvalue weighted by Crippen LogP contribution is -2.36. The van der Waals surface area contributed by atoms with Crippen molar-refractivity contribution < 1.29 is 14.3 Å². The largest absolute Gasteiger partial charge is 0.465 e. The molecule has 1 N–H and O–H groups in total. The molecular formula is C16H23NO3. The number of benzene rings is 1. The van der Waals surface area contributed by atoms with E-state index in [9.17, 15) is 4.79 Å². The van der Waals surface area contributed by atoms with Crippen LogP contribution in [0.2, 0.25) is 0 Å².